The summed E-state index contributed by atoms with van der Waals surface area (Å²) in [6, 6.07) is 12.5. The Labute approximate surface area is 178 Å². The third-order valence-electron chi connectivity index (χ3n) is 5.10. The first-order valence-electron chi connectivity index (χ1n) is 9.68. The van der Waals surface area contributed by atoms with Gasteiger partial charge in [-0.25, -0.2) is 4.39 Å². The molecule has 1 aliphatic heterocycles. The quantitative estimate of drug-likeness (QED) is 0.633. The second-order valence-corrected chi connectivity index (χ2v) is 7.91. The number of benzene rings is 2. The number of ether oxygens (including phenoxy) is 3. The Balaban J connectivity index is 1.62. The van der Waals surface area contributed by atoms with Crippen molar-refractivity contribution in [2.24, 2.45) is 0 Å². The predicted molar refractivity (Wildman–Crippen MR) is 112 cm³/mol. The summed E-state index contributed by atoms with van der Waals surface area (Å²) in [6.07, 6.45) is 1.62. The topological polar surface area (TPSA) is 56.8 Å². The molecule has 5 nitrogen and oxygen atoms in total. The van der Waals surface area contributed by atoms with E-state index in [1.54, 1.807) is 6.07 Å². The van der Waals surface area contributed by atoms with Crippen LogP contribution in [0.3, 0.4) is 0 Å². The minimum Gasteiger partial charge on any atom is -0.494 e. The molecule has 0 radical (unpaired) electrons. The maximum Gasteiger partial charge on any atom is 0.257 e. The van der Waals surface area contributed by atoms with Gasteiger partial charge >= 0.3 is 0 Å². The van der Waals surface area contributed by atoms with Crippen LogP contribution in [0.15, 0.2) is 46.9 Å². The molecule has 0 saturated carbocycles. The number of carbonyl (C=O) groups is 1. The normalized spacial score (nSPS) is 15.6. The van der Waals surface area contributed by atoms with Crippen molar-refractivity contribution in [3.63, 3.8) is 0 Å². The molecule has 2 aromatic rings. The van der Waals surface area contributed by atoms with Crippen LogP contribution in [-0.4, -0.2) is 38.9 Å². The van der Waals surface area contributed by atoms with Crippen molar-refractivity contribution in [3.05, 3.63) is 58.3 Å². The molecule has 0 unspecified atom stereocenters. The molecule has 0 bridgehead atoms. The summed E-state index contributed by atoms with van der Waals surface area (Å²) in [7, 11) is 0. The van der Waals surface area contributed by atoms with E-state index in [0.717, 1.165) is 24.2 Å². The number of rotatable bonds is 8. The van der Waals surface area contributed by atoms with Crippen LogP contribution < -0.4 is 14.8 Å². The van der Waals surface area contributed by atoms with E-state index in [9.17, 15) is 9.18 Å². The Morgan fingerprint density at radius 1 is 1.17 bits per heavy atom. The Morgan fingerprint density at radius 3 is 2.55 bits per heavy atom. The lowest BCUT2D eigenvalue weighted by molar-refractivity contribution is -0.123. The van der Waals surface area contributed by atoms with Crippen molar-refractivity contribution in [3.8, 4) is 11.5 Å². The van der Waals surface area contributed by atoms with E-state index in [1.165, 1.54) is 12.1 Å². The molecule has 0 atom stereocenters. The highest BCUT2D eigenvalue weighted by atomic mass is 79.9. The van der Waals surface area contributed by atoms with Crippen LogP contribution in [0, 0.1) is 5.82 Å². The molecule has 0 aliphatic carbocycles. The van der Waals surface area contributed by atoms with Gasteiger partial charge in [-0.15, -0.1) is 0 Å². The van der Waals surface area contributed by atoms with Crippen LogP contribution in [0.25, 0.3) is 0 Å². The van der Waals surface area contributed by atoms with Crippen LogP contribution >= 0.6 is 15.9 Å². The second-order valence-electron chi connectivity index (χ2n) is 6.99. The van der Waals surface area contributed by atoms with E-state index >= 15 is 0 Å². The molecule has 3 rings (SSSR count). The molecule has 0 spiro atoms. The summed E-state index contributed by atoms with van der Waals surface area (Å²) in [6.45, 7) is 4.08. The highest BCUT2D eigenvalue weighted by Crippen LogP contribution is 2.35. The van der Waals surface area contributed by atoms with Gasteiger partial charge in [-0.2, -0.15) is 0 Å². The number of halogens is 2. The number of hydrogen-bond acceptors (Lipinski definition) is 4. The monoisotopic (exact) mass is 465 g/mol. The summed E-state index contributed by atoms with van der Waals surface area (Å²) < 4.78 is 30.8. The SMILES string of the molecule is CCOc1ccc(C2(CNC(=O)COc3ccc(Br)cc3F)CCOCC2)cc1. The molecule has 29 heavy (non-hydrogen) atoms. The molecule has 7 heteroatoms. The molecule has 1 heterocycles. The zero-order chi connectivity index (χ0) is 20.7. The first-order valence-corrected chi connectivity index (χ1v) is 10.5. The smallest absolute Gasteiger partial charge is 0.257 e. The molecule has 1 amide bonds. The van der Waals surface area contributed by atoms with Crippen molar-refractivity contribution in [1.82, 2.24) is 5.32 Å². The van der Waals surface area contributed by atoms with Crippen LogP contribution in [0.2, 0.25) is 0 Å². The molecule has 1 aliphatic rings. The van der Waals surface area contributed by atoms with E-state index in [-0.39, 0.29) is 23.7 Å². The summed E-state index contributed by atoms with van der Waals surface area (Å²) in [5.74, 6) is 0.0784. The Hall–Kier alpha value is -2.12. The van der Waals surface area contributed by atoms with Crippen molar-refractivity contribution >= 4 is 21.8 Å². The average molecular weight is 466 g/mol. The Bertz CT molecular complexity index is 822. The van der Waals surface area contributed by atoms with Gasteiger partial charge in [-0.3, -0.25) is 4.79 Å². The van der Waals surface area contributed by atoms with Gasteiger partial charge in [0.15, 0.2) is 18.2 Å². The lowest BCUT2D eigenvalue weighted by atomic mass is 9.74. The third-order valence-corrected chi connectivity index (χ3v) is 5.60. The molecule has 156 valence electrons. The Kier molecular flexibility index (Phi) is 7.50. The zero-order valence-electron chi connectivity index (χ0n) is 16.4. The maximum absolute atomic E-state index is 13.8. The van der Waals surface area contributed by atoms with Gasteiger partial charge in [0.05, 0.1) is 6.61 Å². The van der Waals surface area contributed by atoms with Gasteiger partial charge in [-0.1, -0.05) is 28.1 Å². The first kappa shape index (κ1) is 21.6. The fourth-order valence-corrected chi connectivity index (χ4v) is 3.79. The highest BCUT2D eigenvalue weighted by molar-refractivity contribution is 9.10. The zero-order valence-corrected chi connectivity index (χ0v) is 18.0. The molecule has 1 saturated heterocycles. The van der Waals surface area contributed by atoms with Crippen LogP contribution in [0.4, 0.5) is 4.39 Å². The standard InChI is InChI=1S/C22H25BrFNO4/c1-2-28-18-6-3-16(4-7-18)22(9-11-27-12-10-22)15-25-21(26)14-29-20-8-5-17(23)13-19(20)24/h3-8,13H,2,9-12,14-15H2,1H3,(H,25,26). The molecular formula is C22H25BrFNO4. The van der Waals surface area contributed by atoms with Gasteiger partial charge in [0, 0.05) is 29.6 Å². The maximum atomic E-state index is 13.8. The van der Waals surface area contributed by atoms with Crippen LogP contribution in [0.5, 0.6) is 11.5 Å². The lowest BCUT2D eigenvalue weighted by Gasteiger charge is -2.38. The molecule has 1 fully saturated rings. The van der Waals surface area contributed by atoms with E-state index in [2.05, 4.69) is 33.4 Å². The van der Waals surface area contributed by atoms with Gasteiger partial charge in [0.2, 0.25) is 0 Å². The molecule has 2 aromatic carbocycles. The second kappa shape index (κ2) is 10.1. The fourth-order valence-electron chi connectivity index (χ4n) is 3.46. The minimum absolute atomic E-state index is 0.0515. The average Bonchev–Trinajstić information content (AvgIpc) is 2.73. The fraction of sp³-hybridized carbons (Fsp3) is 0.409. The first-order chi connectivity index (χ1) is 14.0. The molecule has 0 aromatic heterocycles. The van der Waals surface area contributed by atoms with Gasteiger partial charge in [0.25, 0.3) is 5.91 Å². The summed E-state index contributed by atoms with van der Waals surface area (Å²) >= 11 is 3.19. The number of nitrogens with one attached hydrogen (secondary N) is 1. The van der Waals surface area contributed by atoms with Gasteiger partial charge in [-0.05, 0) is 55.7 Å². The minimum atomic E-state index is -0.512. The van der Waals surface area contributed by atoms with Gasteiger partial charge in [0.1, 0.15) is 5.75 Å². The van der Waals surface area contributed by atoms with Crippen molar-refractivity contribution < 1.29 is 23.4 Å². The van der Waals surface area contributed by atoms with Crippen LogP contribution in [0.1, 0.15) is 25.3 Å². The van der Waals surface area contributed by atoms with Gasteiger partial charge < -0.3 is 19.5 Å². The largest absolute Gasteiger partial charge is 0.494 e. The van der Waals surface area contributed by atoms with E-state index in [0.29, 0.717) is 30.8 Å². The van der Waals surface area contributed by atoms with E-state index in [1.807, 2.05) is 19.1 Å². The van der Waals surface area contributed by atoms with Crippen LogP contribution in [-0.2, 0) is 14.9 Å². The summed E-state index contributed by atoms with van der Waals surface area (Å²) in [5.41, 5.74) is 0.936. The van der Waals surface area contributed by atoms with Crippen molar-refractivity contribution in [2.75, 3.05) is 33.0 Å². The summed E-state index contributed by atoms with van der Waals surface area (Å²) in [5, 5.41) is 2.95. The highest BCUT2D eigenvalue weighted by Gasteiger charge is 2.35. The van der Waals surface area contributed by atoms with Crippen molar-refractivity contribution in [1.29, 1.82) is 0 Å². The number of amides is 1. The Morgan fingerprint density at radius 2 is 1.90 bits per heavy atom. The number of carbonyl (C=O) groups excluding carboxylic acids is 1. The predicted octanol–water partition coefficient (Wildman–Crippen LogP) is 4.23. The van der Waals surface area contributed by atoms with E-state index < -0.39 is 5.82 Å². The lowest BCUT2D eigenvalue weighted by Crippen LogP contribution is -2.45. The molecule has 1 N–H and O–H groups in total. The summed E-state index contributed by atoms with van der Waals surface area (Å²) in [4.78, 5) is 12.3. The number of hydrogen-bond donors (Lipinski definition) is 1. The third kappa shape index (κ3) is 5.70. The van der Waals surface area contributed by atoms with Crippen molar-refractivity contribution in [2.45, 2.75) is 25.2 Å². The molecular weight excluding hydrogens is 441 g/mol. The van der Waals surface area contributed by atoms with E-state index in [4.69, 9.17) is 14.2 Å².